The molecule has 4 nitrogen and oxygen atoms in total. The Kier molecular flexibility index (Phi) is 7.37. The number of hydrogen-bond acceptors (Lipinski definition) is 4. The highest BCUT2D eigenvalue weighted by atomic mass is 16.5. The third-order valence-corrected chi connectivity index (χ3v) is 3.73. The molecule has 1 aliphatic rings. The molecule has 0 spiro atoms. The van der Waals surface area contributed by atoms with Crippen LogP contribution in [0.1, 0.15) is 39.5 Å². The lowest BCUT2D eigenvalue weighted by atomic mass is 10.2. The monoisotopic (exact) mass is 306 g/mol. The zero-order valence-electron chi connectivity index (χ0n) is 13.9. The Morgan fingerprint density at radius 1 is 1.09 bits per heavy atom. The molecule has 1 radical (unpaired) electrons. The van der Waals surface area contributed by atoms with Gasteiger partial charge in [-0.05, 0) is 18.9 Å². The Hall–Kier alpha value is -1.42. The van der Waals surface area contributed by atoms with E-state index in [4.69, 9.17) is 14.2 Å². The van der Waals surface area contributed by atoms with Crippen molar-refractivity contribution in [1.82, 2.24) is 0 Å². The van der Waals surface area contributed by atoms with Crippen molar-refractivity contribution in [3.63, 3.8) is 0 Å². The Morgan fingerprint density at radius 2 is 1.77 bits per heavy atom. The van der Waals surface area contributed by atoms with E-state index in [-0.39, 0.29) is 0 Å². The van der Waals surface area contributed by atoms with Crippen LogP contribution in [0.5, 0.6) is 11.5 Å². The number of benzene rings is 1. The van der Waals surface area contributed by atoms with Crippen LogP contribution in [0.2, 0.25) is 0 Å². The molecule has 4 heteroatoms. The molecule has 1 aromatic rings. The summed E-state index contributed by atoms with van der Waals surface area (Å²) in [5.74, 6) is 1.70. The molecule has 0 N–H and O–H groups in total. The second kappa shape index (κ2) is 9.57. The summed E-state index contributed by atoms with van der Waals surface area (Å²) in [6.07, 6.45) is 4.40. The van der Waals surface area contributed by atoms with Crippen molar-refractivity contribution in [2.45, 2.75) is 39.5 Å². The molecular formula is C18H28NO3. The molecule has 1 aliphatic heterocycles. The maximum Gasteiger partial charge on any atom is 0.143 e. The van der Waals surface area contributed by atoms with E-state index in [9.17, 15) is 0 Å². The minimum absolute atomic E-state index is 0.742. The van der Waals surface area contributed by atoms with Crippen LogP contribution in [0.3, 0.4) is 0 Å². The SMILES string of the molecule is CCCCOc1[c]cc(OCCCC)c(N2CCOCC2)c1. The quantitative estimate of drug-likeness (QED) is 0.651. The van der Waals surface area contributed by atoms with E-state index >= 15 is 0 Å². The second-order valence-electron chi connectivity index (χ2n) is 5.55. The van der Waals surface area contributed by atoms with Gasteiger partial charge >= 0.3 is 0 Å². The number of nitrogens with zero attached hydrogens (tertiary/aromatic N) is 1. The highest BCUT2D eigenvalue weighted by Crippen LogP contribution is 2.33. The first-order valence-corrected chi connectivity index (χ1v) is 8.49. The Balaban J connectivity index is 2.09. The van der Waals surface area contributed by atoms with Gasteiger partial charge in [-0.3, -0.25) is 0 Å². The van der Waals surface area contributed by atoms with Gasteiger partial charge in [-0.1, -0.05) is 26.7 Å². The van der Waals surface area contributed by atoms with Crippen molar-refractivity contribution in [2.24, 2.45) is 0 Å². The van der Waals surface area contributed by atoms with E-state index < -0.39 is 0 Å². The zero-order chi connectivity index (χ0) is 15.6. The number of rotatable bonds is 9. The smallest absolute Gasteiger partial charge is 0.143 e. The summed E-state index contributed by atoms with van der Waals surface area (Å²) in [5, 5.41) is 0. The number of morpholine rings is 1. The minimum Gasteiger partial charge on any atom is -0.493 e. The summed E-state index contributed by atoms with van der Waals surface area (Å²) in [6, 6.07) is 7.17. The number of unbranched alkanes of at least 4 members (excludes halogenated alkanes) is 2. The summed E-state index contributed by atoms with van der Waals surface area (Å²) in [5.41, 5.74) is 1.10. The first-order chi connectivity index (χ1) is 10.8. The average molecular weight is 306 g/mol. The van der Waals surface area contributed by atoms with Crippen molar-refractivity contribution >= 4 is 5.69 Å². The first kappa shape index (κ1) is 16.9. The highest BCUT2D eigenvalue weighted by Gasteiger charge is 2.17. The number of hydrogen-bond donors (Lipinski definition) is 0. The summed E-state index contributed by atoms with van der Waals surface area (Å²) < 4.78 is 17.2. The van der Waals surface area contributed by atoms with Gasteiger partial charge < -0.3 is 19.1 Å². The first-order valence-electron chi connectivity index (χ1n) is 8.49. The van der Waals surface area contributed by atoms with Crippen molar-refractivity contribution in [1.29, 1.82) is 0 Å². The van der Waals surface area contributed by atoms with Gasteiger partial charge in [0.05, 0.1) is 32.1 Å². The largest absolute Gasteiger partial charge is 0.493 e. The lowest BCUT2D eigenvalue weighted by Gasteiger charge is -2.30. The van der Waals surface area contributed by atoms with E-state index in [1.807, 2.05) is 6.07 Å². The molecule has 0 atom stereocenters. The lowest BCUT2D eigenvalue weighted by Crippen LogP contribution is -2.36. The Bertz CT molecular complexity index is 430. The molecule has 0 bridgehead atoms. The van der Waals surface area contributed by atoms with E-state index in [0.717, 1.165) is 82.4 Å². The molecule has 0 saturated carbocycles. The summed E-state index contributed by atoms with van der Waals surface area (Å²) in [7, 11) is 0. The maximum atomic E-state index is 5.94. The van der Waals surface area contributed by atoms with Gasteiger partial charge in [0.1, 0.15) is 11.5 Å². The third kappa shape index (κ3) is 5.09. The zero-order valence-corrected chi connectivity index (χ0v) is 13.9. The second-order valence-corrected chi connectivity index (χ2v) is 5.55. The molecule has 123 valence electrons. The van der Waals surface area contributed by atoms with Crippen LogP contribution >= 0.6 is 0 Å². The van der Waals surface area contributed by atoms with Crippen LogP contribution in [0.25, 0.3) is 0 Å². The van der Waals surface area contributed by atoms with Crippen molar-refractivity contribution in [3.8, 4) is 11.5 Å². The van der Waals surface area contributed by atoms with Crippen molar-refractivity contribution < 1.29 is 14.2 Å². The normalized spacial score (nSPS) is 14.9. The summed E-state index contributed by atoms with van der Waals surface area (Å²) >= 11 is 0. The van der Waals surface area contributed by atoms with Crippen molar-refractivity contribution in [3.05, 3.63) is 18.2 Å². The van der Waals surface area contributed by atoms with Gasteiger partial charge in [0.2, 0.25) is 0 Å². The maximum absolute atomic E-state index is 5.94. The fraction of sp³-hybridized carbons (Fsp3) is 0.667. The van der Waals surface area contributed by atoms with Gasteiger partial charge in [-0.2, -0.15) is 0 Å². The van der Waals surface area contributed by atoms with E-state index in [1.54, 1.807) is 0 Å². The van der Waals surface area contributed by atoms with E-state index in [0.29, 0.717) is 0 Å². The molecular weight excluding hydrogens is 278 g/mol. The van der Waals surface area contributed by atoms with Gasteiger partial charge in [0.25, 0.3) is 0 Å². The molecule has 0 aromatic heterocycles. The van der Waals surface area contributed by atoms with Gasteiger partial charge in [0.15, 0.2) is 0 Å². The summed E-state index contributed by atoms with van der Waals surface area (Å²) in [6.45, 7) is 9.13. The molecule has 1 heterocycles. The predicted octanol–water partition coefficient (Wildman–Crippen LogP) is 3.68. The fourth-order valence-corrected chi connectivity index (χ4v) is 2.35. The number of anilines is 1. The molecule has 0 aliphatic carbocycles. The molecule has 1 aromatic carbocycles. The standard InChI is InChI=1S/C18H28NO3/c1-3-5-11-21-16-7-8-18(22-12-6-4-2)17(15-16)19-9-13-20-14-10-19/h8,15H,3-6,9-14H2,1-2H3. The fourth-order valence-electron chi connectivity index (χ4n) is 2.35. The topological polar surface area (TPSA) is 30.9 Å². The predicted molar refractivity (Wildman–Crippen MR) is 89.1 cm³/mol. The molecule has 1 saturated heterocycles. The van der Waals surface area contributed by atoms with Crippen LogP contribution in [-0.2, 0) is 4.74 Å². The minimum atomic E-state index is 0.742. The van der Waals surface area contributed by atoms with E-state index in [1.165, 1.54) is 0 Å². The molecule has 2 rings (SSSR count). The van der Waals surface area contributed by atoms with Crippen LogP contribution in [0.4, 0.5) is 5.69 Å². The molecule has 22 heavy (non-hydrogen) atoms. The third-order valence-electron chi connectivity index (χ3n) is 3.73. The lowest BCUT2D eigenvalue weighted by molar-refractivity contribution is 0.122. The summed E-state index contributed by atoms with van der Waals surface area (Å²) in [4.78, 5) is 2.31. The van der Waals surface area contributed by atoms with Gasteiger partial charge in [-0.25, -0.2) is 0 Å². The number of ether oxygens (including phenoxy) is 3. The van der Waals surface area contributed by atoms with E-state index in [2.05, 4.69) is 30.9 Å². The van der Waals surface area contributed by atoms with Crippen LogP contribution in [0, 0.1) is 6.07 Å². The van der Waals surface area contributed by atoms with Crippen LogP contribution in [0.15, 0.2) is 12.1 Å². The molecule has 0 unspecified atom stereocenters. The van der Waals surface area contributed by atoms with Gasteiger partial charge in [-0.15, -0.1) is 0 Å². The van der Waals surface area contributed by atoms with Gasteiger partial charge in [0, 0.05) is 25.2 Å². The Labute approximate surface area is 134 Å². The molecule has 0 amide bonds. The highest BCUT2D eigenvalue weighted by molar-refractivity contribution is 5.61. The van der Waals surface area contributed by atoms with Crippen LogP contribution in [-0.4, -0.2) is 39.5 Å². The van der Waals surface area contributed by atoms with Crippen molar-refractivity contribution in [2.75, 3.05) is 44.4 Å². The average Bonchev–Trinajstić information content (AvgIpc) is 2.57. The Morgan fingerprint density at radius 3 is 2.45 bits per heavy atom. The van der Waals surface area contributed by atoms with Crippen LogP contribution < -0.4 is 14.4 Å². The molecule has 1 fully saturated rings.